The van der Waals surface area contributed by atoms with Gasteiger partial charge in [-0.2, -0.15) is 0 Å². The summed E-state index contributed by atoms with van der Waals surface area (Å²) in [6.07, 6.45) is 59.3. The van der Waals surface area contributed by atoms with Crippen LogP contribution in [0.15, 0.2) is 134 Å². The molecule has 8 nitrogen and oxygen atoms in total. The molecule has 0 spiro atoms. The number of quaternary nitrogens is 1. The van der Waals surface area contributed by atoms with Crippen molar-refractivity contribution in [2.75, 3.05) is 41.0 Å². The molecular formula is C52H80NO7+. The number of esters is 2. The fourth-order valence-corrected chi connectivity index (χ4v) is 5.54. The van der Waals surface area contributed by atoms with E-state index in [1.54, 1.807) is 0 Å². The Hall–Kier alpha value is -4.53. The predicted molar refractivity (Wildman–Crippen MR) is 251 cm³/mol. The van der Waals surface area contributed by atoms with Crippen molar-refractivity contribution >= 4 is 17.9 Å². The minimum absolute atomic E-state index is 0.0142. The fourth-order valence-electron chi connectivity index (χ4n) is 5.54. The molecule has 2 atom stereocenters. The average molecular weight is 831 g/mol. The minimum atomic E-state index is -0.898. The number of ether oxygens (including phenoxy) is 3. The van der Waals surface area contributed by atoms with Crippen LogP contribution in [0.4, 0.5) is 0 Å². The lowest BCUT2D eigenvalue weighted by atomic mass is 10.1. The first kappa shape index (κ1) is 55.5. The number of hydrogen-bond acceptors (Lipinski definition) is 6. The molecule has 0 radical (unpaired) electrons. The molecule has 0 aromatic rings. The maximum Gasteiger partial charge on any atom is 0.362 e. The van der Waals surface area contributed by atoms with Crippen molar-refractivity contribution in [1.82, 2.24) is 0 Å². The smallest absolute Gasteiger partial charge is 0.362 e. The molecule has 0 saturated heterocycles. The highest BCUT2D eigenvalue weighted by molar-refractivity contribution is 5.72. The number of aliphatic carboxylic acids is 1. The van der Waals surface area contributed by atoms with E-state index in [2.05, 4.69) is 74.6 Å². The van der Waals surface area contributed by atoms with Crippen molar-refractivity contribution in [3.05, 3.63) is 134 Å². The highest BCUT2D eigenvalue weighted by Gasteiger charge is 2.31. The van der Waals surface area contributed by atoms with E-state index in [4.69, 9.17) is 14.2 Å². The summed E-state index contributed by atoms with van der Waals surface area (Å²) >= 11 is 0. The molecule has 1 N–H and O–H groups in total. The summed E-state index contributed by atoms with van der Waals surface area (Å²) in [5.74, 6) is -1.62. The van der Waals surface area contributed by atoms with Crippen LogP contribution in [-0.2, 0) is 28.6 Å². The van der Waals surface area contributed by atoms with Gasteiger partial charge < -0.3 is 23.8 Å². The Morgan fingerprint density at radius 3 is 1.55 bits per heavy atom. The molecule has 0 amide bonds. The molecule has 334 valence electrons. The molecule has 0 heterocycles. The van der Waals surface area contributed by atoms with Crippen LogP contribution >= 0.6 is 0 Å². The molecule has 0 aliphatic rings. The highest BCUT2D eigenvalue weighted by Crippen LogP contribution is 2.11. The van der Waals surface area contributed by atoms with Gasteiger partial charge in [-0.05, 0) is 70.6 Å². The quantitative estimate of drug-likeness (QED) is 0.0219. The number of allylic oxidation sites excluding steroid dienone is 22. The largest absolute Gasteiger partial charge is 0.477 e. The Bertz CT molecular complexity index is 1430. The van der Waals surface area contributed by atoms with Crippen LogP contribution in [0.3, 0.4) is 0 Å². The molecule has 2 unspecified atom stereocenters. The number of carboxylic acids is 1. The fraction of sp³-hybridized carbons (Fsp3) is 0.519. The Balaban J connectivity index is 4.59. The topological polar surface area (TPSA) is 99.1 Å². The van der Waals surface area contributed by atoms with Crippen molar-refractivity contribution in [1.29, 1.82) is 0 Å². The van der Waals surface area contributed by atoms with Gasteiger partial charge in [-0.3, -0.25) is 9.59 Å². The Morgan fingerprint density at radius 1 is 0.533 bits per heavy atom. The number of carbonyl (C=O) groups is 3. The van der Waals surface area contributed by atoms with Crippen molar-refractivity contribution in [2.24, 2.45) is 0 Å². The lowest BCUT2D eigenvalue weighted by Crippen LogP contribution is -2.50. The predicted octanol–water partition coefficient (Wildman–Crippen LogP) is 12.4. The van der Waals surface area contributed by atoms with E-state index in [1.165, 1.54) is 25.7 Å². The van der Waals surface area contributed by atoms with Gasteiger partial charge in [-0.25, -0.2) is 4.79 Å². The summed E-state index contributed by atoms with van der Waals surface area (Å²) in [5.41, 5.74) is 0. The maximum absolute atomic E-state index is 12.7. The summed E-state index contributed by atoms with van der Waals surface area (Å²) < 4.78 is 17.2. The van der Waals surface area contributed by atoms with E-state index in [0.717, 1.165) is 51.4 Å². The van der Waals surface area contributed by atoms with E-state index in [9.17, 15) is 19.5 Å². The zero-order chi connectivity index (χ0) is 44.2. The second kappa shape index (κ2) is 41.2. The molecule has 60 heavy (non-hydrogen) atoms. The molecular weight excluding hydrogens is 751 g/mol. The Kier molecular flexibility index (Phi) is 38.1. The highest BCUT2D eigenvalue weighted by atomic mass is 16.6. The molecule has 0 rings (SSSR count). The van der Waals surface area contributed by atoms with Crippen molar-refractivity contribution < 1.29 is 38.2 Å². The number of likely N-dealkylation sites (N-methyl/N-ethyl adjacent to an activating group) is 1. The molecule has 0 saturated carbocycles. The third-order valence-electron chi connectivity index (χ3n) is 8.98. The van der Waals surface area contributed by atoms with Crippen LogP contribution in [0.25, 0.3) is 0 Å². The van der Waals surface area contributed by atoms with E-state index in [1.807, 2.05) is 94.1 Å². The lowest BCUT2D eigenvalue weighted by Gasteiger charge is -2.31. The molecule has 0 aromatic carbocycles. The minimum Gasteiger partial charge on any atom is -0.477 e. The number of unbranched alkanes of at least 4 members (excludes halogenated alkanes) is 7. The third kappa shape index (κ3) is 39.0. The SMILES string of the molecule is CC/C=C/C=C/C=C/C=C/C=C/C=C/C=C/CCCCCC(=O)OC(COCCC(C(=O)O)[N+](C)(C)C)COC(=O)CCC/C=C/C/C=C/C/C=C/C/C=C/CCCCC. The Morgan fingerprint density at radius 2 is 1.02 bits per heavy atom. The van der Waals surface area contributed by atoms with Crippen LogP contribution in [0.5, 0.6) is 0 Å². The van der Waals surface area contributed by atoms with Gasteiger partial charge in [0.15, 0.2) is 12.1 Å². The van der Waals surface area contributed by atoms with Gasteiger partial charge in [0.05, 0.1) is 34.4 Å². The summed E-state index contributed by atoms with van der Waals surface area (Å²) in [5, 5.41) is 9.62. The van der Waals surface area contributed by atoms with E-state index < -0.39 is 18.1 Å². The molecule has 0 fully saturated rings. The maximum atomic E-state index is 12.7. The van der Waals surface area contributed by atoms with E-state index >= 15 is 0 Å². The van der Waals surface area contributed by atoms with Crippen molar-refractivity contribution in [3.8, 4) is 0 Å². The first-order valence-corrected chi connectivity index (χ1v) is 22.3. The number of carbonyl (C=O) groups excluding carboxylic acids is 2. The van der Waals surface area contributed by atoms with Crippen molar-refractivity contribution in [2.45, 2.75) is 135 Å². The van der Waals surface area contributed by atoms with Gasteiger partial charge in [0.25, 0.3) is 0 Å². The lowest BCUT2D eigenvalue weighted by molar-refractivity contribution is -0.887. The van der Waals surface area contributed by atoms with Crippen LogP contribution < -0.4 is 0 Å². The standard InChI is InChI=1S/C52H79NO7/c1-6-8-10-12-14-16-18-20-22-24-25-27-29-31-33-35-37-39-41-43-51(55)60-48(46-58-45-44-49(52(56)57)53(3,4)5)47-59-50(54)42-40-38-36-34-32-30-28-26-23-21-19-17-15-13-11-9-7-2/h8,10,12,14-18,20-25,27-31,33-34,36,48-49H,6-7,9,11,13,19,26,32,35,37-47H2,1-5H3/p+1/b10-8+,14-12+,17-15+,18-16+,22-20+,23-21+,25-24+,29-27+,30-28+,33-31+,36-34+. The summed E-state index contributed by atoms with van der Waals surface area (Å²) in [6.45, 7) is 4.41. The molecule has 0 bridgehead atoms. The van der Waals surface area contributed by atoms with Crippen molar-refractivity contribution in [3.63, 3.8) is 0 Å². The molecule has 0 aliphatic carbocycles. The molecule has 0 aromatic heterocycles. The average Bonchev–Trinajstić information content (AvgIpc) is 3.21. The van der Waals surface area contributed by atoms with Gasteiger partial charge in [0, 0.05) is 19.3 Å². The van der Waals surface area contributed by atoms with Crippen LogP contribution in [0.2, 0.25) is 0 Å². The first-order valence-electron chi connectivity index (χ1n) is 22.3. The van der Waals surface area contributed by atoms with Gasteiger partial charge >= 0.3 is 17.9 Å². The normalized spacial score (nSPS) is 14.2. The van der Waals surface area contributed by atoms with E-state index in [0.29, 0.717) is 19.3 Å². The number of hydrogen-bond donors (Lipinski definition) is 1. The first-order chi connectivity index (χ1) is 29.1. The second-order valence-electron chi connectivity index (χ2n) is 15.4. The van der Waals surface area contributed by atoms with Gasteiger partial charge in [0.2, 0.25) is 0 Å². The second-order valence-corrected chi connectivity index (χ2v) is 15.4. The summed E-state index contributed by atoms with van der Waals surface area (Å²) in [4.78, 5) is 37.0. The zero-order valence-electron chi connectivity index (χ0n) is 37.8. The number of nitrogens with zero attached hydrogens (tertiary/aromatic N) is 1. The summed E-state index contributed by atoms with van der Waals surface area (Å²) in [7, 11) is 5.47. The molecule has 8 heteroatoms. The number of rotatable bonds is 37. The van der Waals surface area contributed by atoms with Crippen LogP contribution in [0.1, 0.15) is 123 Å². The number of carboxylic acid groups (broad SMARTS) is 1. The third-order valence-corrected chi connectivity index (χ3v) is 8.98. The Labute approximate surface area is 364 Å². The van der Waals surface area contributed by atoms with Gasteiger partial charge in [-0.1, -0.05) is 167 Å². The molecule has 0 aliphatic heterocycles. The van der Waals surface area contributed by atoms with Crippen LogP contribution in [0, 0.1) is 0 Å². The van der Waals surface area contributed by atoms with E-state index in [-0.39, 0.29) is 49.1 Å². The van der Waals surface area contributed by atoms with Gasteiger partial charge in [-0.15, -0.1) is 0 Å². The van der Waals surface area contributed by atoms with Gasteiger partial charge in [0.1, 0.15) is 6.61 Å². The summed E-state index contributed by atoms with van der Waals surface area (Å²) in [6, 6.07) is -0.641. The zero-order valence-corrected chi connectivity index (χ0v) is 37.8. The van der Waals surface area contributed by atoms with Crippen LogP contribution in [-0.4, -0.2) is 80.6 Å². The monoisotopic (exact) mass is 831 g/mol.